The van der Waals surface area contributed by atoms with Gasteiger partial charge in [-0.05, 0) is 19.5 Å². The van der Waals surface area contributed by atoms with Crippen LogP contribution >= 0.6 is 11.8 Å². The summed E-state index contributed by atoms with van der Waals surface area (Å²) in [7, 11) is 0. The molecule has 0 spiro atoms. The normalized spacial score (nSPS) is 13.9. The van der Waals surface area contributed by atoms with E-state index in [1.165, 1.54) is 11.8 Å². The van der Waals surface area contributed by atoms with Gasteiger partial charge in [0.15, 0.2) is 5.78 Å². The molecule has 1 rings (SSSR count). The number of esters is 1. The third-order valence-corrected chi connectivity index (χ3v) is 2.88. The van der Waals surface area contributed by atoms with Crippen LogP contribution < -0.4 is 5.32 Å². The van der Waals surface area contributed by atoms with Crippen LogP contribution in [0.15, 0.2) is 23.4 Å². The lowest BCUT2D eigenvalue weighted by molar-refractivity contribution is -0.145. The quantitative estimate of drug-likeness (QED) is 0.565. The van der Waals surface area contributed by atoms with Gasteiger partial charge in [-0.1, -0.05) is 12.2 Å². The zero-order chi connectivity index (χ0) is 11.8. The Morgan fingerprint density at radius 3 is 3.00 bits per heavy atom. The first kappa shape index (κ1) is 12.8. The van der Waals surface area contributed by atoms with E-state index < -0.39 is 5.97 Å². The van der Waals surface area contributed by atoms with E-state index in [1.54, 1.807) is 6.92 Å². The van der Waals surface area contributed by atoms with E-state index in [2.05, 4.69) is 5.32 Å². The number of Topliss-reactive ketones (excluding diaryl/α,β-unsaturated/α-hetero) is 1. The van der Waals surface area contributed by atoms with Crippen LogP contribution in [-0.2, 0) is 14.3 Å². The van der Waals surface area contributed by atoms with Crippen molar-refractivity contribution < 1.29 is 14.3 Å². The Kier molecular flexibility index (Phi) is 5.71. The molecule has 4 nitrogen and oxygen atoms in total. The highest BCUT2D eigenvalue weighted by Gasteiger charge is 2.11. The third kappa shape index (κ3) is 5.02. The summed E-state index contributed by atoms with van der Waals surface area (Å²) in [6.45, 7) is 2.04. The minimum Gasteiger partial charge on any atom is -0.466 e. The summed E-state index contributed by atoms with van der Waals surface area (Å²) in [5.41, 5.74) is 0. The molecular formula is C11H15NO3S. The lowest BCUT2D eigenvalue weighted by atomic mass is 10.3. The highest BCUT2D eigenvalue weighted by Crippen LogP contribution is 2.16. The largest absolute Gasteiger partial charge is 0.466 e. The van der Waals surface area contributed by atoms with Crippen molar-refractivity contribution >= 4 is 23.5 Å². The number of allylic oxidation sites excluding steroid dienone is 2. The molecule has 0 fully saturated rings. The fourth-order valence-corrected chi connectivity index (χ4v) is 1.91. The molecule has 0 aromatic rings. The van der Waals surface area contributed by atoms with Crippen molar-refractivity contribution in [3.63, 3.8) is 0 Å². The fraction of sp³-hybridized carbons (Fsp3) is 0.455. The van der Waals surface area contributed by atoms with E-state index >= 15 is 0 Å². The topological polar surface area (TPSA) is 55.4 Å². The number of carbonyl (C=O) groups is 2. The number of ether oxygens (including phenoxy) is 1. The molecule has 0 bridgehead atoms. The van der Waals surface area contributed by atoms with E-state index in [-0.39, 0.29) is 12.2 Å². The fourth-order valence-electron chi connectivity index (χ4n) is 1.13. The highest BCUT2D eigenvalue weighted by molar-refractivity contribution is 8.03. The van der Waals surface area contributed by atoms with Crippen molar-refractivity contribution in [1.82, 2.24) is 5.32 Å². The molecule has 0 aliphatic carbocycles. The van der Waals surface area contributed by atoms with E-state index in [1.807, 2.05) is 18.4 Å². The molecule has 88 valence electrons. The minimum atomic E-state index is -0.446. The van der Waals surface area contributed by atoms with Crippen molar-refractivity contribution in [2.24, 2.45) is 0 Å². The molecule has 16 heavy (non-hydrogen) atoms. The second-order valence-corrected chi connectivity index (χ2v) is 4.18. The average Bonchev–Trinajstić information content (AvgIpc) is 2.28. The first-order valence-electron chi connectivity index (χ1n) is 5.14. The lowest BCUT2D eigenvalue weighted by Gasteiger charge is -2.09. The zero-order valence-corrected chi connectivity index (χ0v) is 10.0. The van der Waals surface area contributed by atoms with Crippen LogP contribution in [0.2, 0.25) is 0 Å². The van der Waals surface area contributed by atoms with Gasteiger partial charge in [-0.3, -0.25) is 9.59 Å². The summed E-state index contributed by atoms with van der Waals surface area (Å²) in [5, 5.41) is 3.99. The van der Waals surface area contributed by atoms with Crippen molar-refractivity contribution in [1.29, 1.82) is 0 Å². The Balaban J connectivity index is 2.19. The molecule has 1 aliphatic rings. The van der Waals surface area contributed by atoms with Crippen molar-refractivity contribution in [3.8, 4) is 0 Å². The van der Waals surface area contributed by atoms with Gasteiger partial charge >= 0.3 is 5.97 Å². The summed E-state index contributed by atoms with van der Waals surface area (Å²) >= 11 is 1.41. The maximum atomic E-state index is 11.4. The molecule has 0 saturated carbocycles. The Labute approximate surface area is 99.1 Å². The van der Waals surface area contributed by atoms with Gasteiger partial charge in [-0.15, -0.1) is 11.8 Å². The molecule has 0 unspecified atom stereocenters. The van der Waals surface area contributed by atoms with E-state index in [0.29, 0.717) is 12.4 Å². The molecule has 0 amide bonds. The van der Waals surface area contributed by atoms with Crippen molar-refractivity contribution in [3.05, 3.63) is 23.4 Å². The molecule has 1 N–H and O–H groups in total. The molecule has 0 aromatic carbocycles. The maximum absolute atomic E-state index is 11.4. The van der Waals surface area contributed by atoms with Crippen molar-refractivity contribution in [2.75, 3.05) is 12.4 Å². The van der Waals surface area contributed by atoms with Crippen LogP contribution in [0.3, 0.4) is 0 Å². The molecule has 0 radical (unpaired) electrons. The van der Waals surface area contributed by atoms with E-state index in [9.17, 15) is 9.59 Å². The number of hydrogen-bond acceptors (Lipinski definition) is 5. The number of dihydropyridines is 1. The Bertz CT molecular complexity index is 323. The van der Waals surface area contributed by atoms with Crippen LogP contribution in [0.25, 0.3) is 0 Å². The Morgan fingerprint density at radius 2 is 2.38 bits per heavy atom. The first-order chi connectivity index (χ1) is 7.72. The van der Waals surface area contributed by atoms with Crippen LogP contribution in [0.1, 0.15) is 19.8 Å². The molecule has 0 aromatic heterocycles. The van der Waals surface area contributed by atoms with Gasteiger partial charge in [0.1, 0.15) is 6.42 Å². The van der Waals surface area contributed by atoms with Gasteiger partial charge < -0.3 is 10.1 Å². The first-order valence-corrected chi connectivity index (χ1v) is 6.12. The summed E-state index contributed by atoms with van der Waals surface area (Å²) in [6, 6.07) is 0. The molecule has 1 heterocycles. The monoisotopic (exact) mass is 241 g/mol. The van der Waals surface area contributed by atoms with Crippen LogP contribution in [-0.4, -0.2) is 24.1 Å². The van der Waals surface area contributed by atoms with Gasteiger partial charge in [0, 0.05) is 0 Å². The van der Waals surface area contributed by atoms with E-state index in [4.69, 9.17) is 4.74 Å². The van der Waals surface area contributed by atoms with Crippen LogP contribution in [0.4, 0.5) is 0 Å². The van der Waals surface area contributed by atoms with Gasteiger partial charge in [-0.2, -0.15) is 0 Å². The number of thioether (sulfide) groups is 1. The number of ketones is 1. The summed E-state index contributed by atoms with van der Waals surface area (Å²) in [5.74, 6) is -0.259. The van der Waals surface area contributed by atoms with Gasteiger partial charge in [0.05, 0.1) is 17.4 Å². The minimum absolute atomic E-state index is 0.110. The predicted octanol–water partition coefficient (Wildman–Crippen LogP) is 1.59. The highest BCUT2D eigenvalue weighted by atomic mass is 32.2. The number of hydrogen-bond donors (Lipinski definition) is 1. The Hall–Kier alpha value is -1.23. The van der Waals surface area contributed by atoms with Gasteiger partial charge in [0.2, 0.25) is 0 Å². The lowest BCUT2D eigenvalue weighted by Crippen LogP contribution is -2.14. The smallest absolute Gasteiger partial charge is 0.313 e. The summed E-state index contributed by atoms with van der Waals surface area (Å²) < 4.78 is 4.69. The average molecular weight is 241 g/mol. The number of rotatable bonds is 6. The second-order valence-electron chi connectivity index (χ2n) is 3.16. The second kappa shape index (κ2) is 7.11. The van der Waals surface area contributed by atoms with Crippen molar-refractivity contribution in [2.45, 2.75) is 19.8 Å². The predicted molar refractivity (Wildman–Crippen MR) is 63.7 cm³/mol. The molecule has 0 atom stereocenters. The zero-order valence-electron chi connectivity index (χ0n) is 9.19. The molecule has 1 aliphatic heterocycles. The Morgan fingerprint density at radius 1 is 1.56 bits per heavy atom. The SMILES string of the molecule is CCOC(=O)CC(=O)CSC1=CCC=CN1. The van der Waals surface area contributed by atoms with E-state index in [0.717, 1.165) is 11.4 Å². The van der Waals surface area contributed by atoms with Gasteiger partial charge in [0.25, 0.3) is 0 Å². The van der Waals surface area contributed by atoms with Crippen LogP contribution in [0, 0.1) is 0 Å². The summed E-state index contributed by atoms with van der Waals surface area (Å²) in [6.07, 6.45) is 6.58. The number of nitrogens with one attached hydrogen (secondary N) is 1. The van der Waals surface area contributed by atoms with Crippen LogP contribution in [0.5, 0.6) is 0 Å². The molecular weight excluding hydrogens is 226 g/mol. The standard InChI is InChI=1S/C11H15NO3S/c1-2-15-11(14)7-9(13)8-16-10-5-3-4-6-12-10/h4-6,12H,2-3,7-8H2,1H3. The van der Waals surface area contributed by atoms with Gasteiger partial charge in [-0.25, -0.2) is 0 Å². The number of carbonyl (C=O) groups excluding carboxylic acids is 2. The maximum Gasteiger partial charge on any atom is 0.313 e. The third-order valence-electron chi connectivity index (χ3n) is 1.82. The molecule has 5 heteroatoms. The molecule has 0 saturated heterocycles. The summed E-state index contributed by atoms with van der Waals surface area (Å²) in [4.78, 5) is 22.4.